The highest BCUT2D eigenvalue weighted by atomic mass is 32.2. The van der Waals surface area contributed by atoms with Crippen LogP contribution in [-0.4, -0.2) is 47.1 Å². The molecule has 4 heteroatoms. The van der Waals surface area contributed by atoms with E-state index in [1.54, 1.807) is 0 Å². The zero-order valence-electron chi connectivity index (χ0n) is 8.32. The molecule has 1 atom stereocenters. The number of carboxylic acids is 1. The van der Waals surface area contributed by atoms with Gasteiger partial charge in [-0.25, -0.2) is 0 Å². The fourth-order valence-corrected chi connectivity index (χ4v) is 3.57. The number of carbonyl (C=O) groups is 1. The van der Waals surface area contributed by atoms with Crippen LogP contribution < -0.4 is 0 Å². The first-order chi connectivity index (χ1) is 6.74. The van der Waals surface area contributed by atoms with Crippen molar-refractivity contribution in [3.63, 3.8) is 0 Å². The topological polar surface area (TPSA) is 40.5 Å². The Balaban J connectivity index is 1.60. The second kappa shape index (κ2) is 4.53. The fourth-order valence-electron chi connectivity index (χ4n) is 2.29. The third-order valence-corrected chi connectivity index (χ3v) is 4.27. The monoisotopic (exact) mass is 215 g/mol. The van der Waals surface area contributed by atoms with Gasteiger partial charge in [0.15, 0.2) is 0 Å². The van der Waals surface area contributed by atoms with Gasteiger partial charge in [0.1, 0.15) is 0 Å². The third-order valence-electron chi connectivity index (χ3n) is 3.04. The molecule has 2 saturated heterocycles. The molecular formula is C10H17NO2S. The van der Waals surface area contributed by atoms with Gasteiger partial charge in [0.25, 0.3) is 0 Å². The van der Waals surface area contributed by atoms with Crippen molar-refractivity contribution in [3.05, 3.63) is 0 Å². The Morgan fingerprint density at radius 3 is 2.79 bits per heavy atom. The molecule has 2 fully saturated rings. The van der Waals surface area contributed by atoms with Gasteiger partial charge in [-0.2, -0.15) is 11.8 Å². The van der Waals surface area contributed by atoms with Crippen molar-refractivity contribution >= 4 is 17.7 Å². The highest BCUT2D eigenvalue weighted by molar-refractivity contribution is 7.99. The van der Waals surface area contributed by atoms with E-state index >= 15 is 0 Å². The summed E-state index contributed by atoms with van der Waals surface area (Å²) in [6, 6.07) is 0. The fraction of sp³-hybridized carbons (Fsp3) is 0.900. The first-order valence-corrected chi connectivity index (χ1v) is 6.41. The highest BCUT2D eigenvalue weighted by Crippen LogP contribution is 2.27. The van der Waals surface area contributed by atoms with Crippen molar-refractivity contribution in [2.24, 2.45) is 11.8 Å². The molecule has 2 aliphatic rings. The summed E-state index contributed by atoms with van der Waals surface area (Å²) in [5.41, 5.74) is 0. The minimum atomic E-state index is -0.647. The van der Waals surface area contributed by atoms with E-state index in [9.17, 15) is 4.79 Å². The van der Waals surface area contributed by atoms with E-state index in [2.05, 4.69) is 4.90 Å². The maximum atomic E-state index is 10.4. The van der Waals surface area contributed by atoms with E-state index in [0.29, 0.717) is 12.3 Å². The number of carboxylic acid groups (broad SMARTS) is 1. The highest BCUT2D eigenvalue weighted by Gasteiger charge is 2.30. The van der Waals surface area contributed by atoms with Crippen LogP contribution in [0.4, 0.5) is 0 Å². The minimum absolute atomic E-state index is 0.357. The van der Waals surface area contributed by atoms with E-state index in [0.717, 1.165) is 19.0 Å². The zero-order valence-corrected chi connectivity index (χ0v) is 9.13. The quantitative estimate of drug-likeness (QED) is 0.763. The van der Waals surface area contributed by atoms with Crippen LogP contribution >= 0.6 is 11.8 Å². The minimum Gasteiger partial charge on any atom is -0.481 e. The SMILES string of the molecule is O=C(O)CC1CN(CC2CCSC2)C1. The lowest BCUT2D eigenvalue weighted by atomic mass is 9.94. The molecule has 80 valence electrons. The number of thioether (sulfide) groups is 1. The predicted octanol–water partition coefficient (Wildman–Crippen LogP) is 1.15. The lowest BCUT2D eigenvalue weighted by Gasteiger charge is -2.39. The number of likely N-dealkylation sites (tertiary alicyclic amines) is 1. The molecule has 0 bridgehead atoms. The Bertz CT molecular complexity index is 210. The van der Waals surface area contributed by atoms with Crippen LogP contribution in [0.15, 0.2) is 0 Å². The molecule has 2 heterocycles. The van der Waals surface area contributed by atoms with Gasteiger partial charge in [-0.1, -0.05) is 0 Å². The second-order valence-electron chi connectivity index (χ2n) is 4.41. The van der Waals surface area contributed by atoms with Gasteiger partial charge in [0, 0.05) is 19.6 Å². The normalized spacial score (nSPS) is 29.0. The summed E-state index contributed by atoms with van der Waals surface area (Å²) in [4.78, 5) is 12.8. The summed E-state index contributed by atoms with van der Waals surface area (Å²) in [5, 5.41) is 8.60. The maximum absolute atomic E-state index is 10.4. The molecule has 0 aromatic rings. The van der Waals surface area contributed by atoms with E-state index in [1.165, 1.54) is 24.5 Å². The number of nitrogens with zero attached hydrogens (tertiary/aromatic N) is 1. The van der Waals surface area contributed by atoms with Crippen LogP contribution in [0.1, 0.15) is 12.8 Å². The molecule has 3 nitrogen and oxygen atoms in total. The zero-order chi connectivity index (χ0) is 9.97. The van der Waals surface area contributed by atoms with Crippen molar-refractivity contribution in [2.45, 2.75) is 12.8 Å². The van der Waals surface area contributed by atoms with Crippen LogP contribution in [0.2, 0.25) is 0 Å². The van der Waals surface area contributed by atoms with Gasteiger partial charge in [-0.05, 0) is 29.8 Å². The molecule has 2 rings (SSSR count). The number of hydrogen-bond acceptors (Lipinski definition) is 3. The smallest absolute Gasteiger partial charge is 0.303 e. The molecule has 0 saturated carbocycles. The van der Waals surface area contributed by atoms with Crippen molar-refractivity contribution in [1.82, 2.24) is 4.90 Å². The molecule has 0 aromatic heterocycles. The Hall–Kier alpha value is -0.220. The molecule has 1 N–H and O–H groups in total. The first kappa shape index (κ1) is 10.3. The largest absolute Gasteiger partial charge is 0.481 e. The molecule has 0 spiro atoms. The van der Waals surface area contributed by atoms with Gasteiger partial charge in [0.05, 0.1) is 6.42 Å². The van der Waals surface area contributed by atoms with Crippen LogP contribution in [0.3, 0.4) is 0 Å². The van der Waals surface area contributed by atoms with Gasteiger partial charge >= 0.3 is 5.97 Å². The van der Waals surface area contributed by atoms with Crippen molar-refractivity contribution in [1.29, 1.82) is 0 Å². The summed E-state index contributed by atoms with van der Waals surface area (Å²) >= 11 is 2.05. The molecule has 1 unspecified atom stereocenters. The summed E-state index contributed by atoms with van der Waals surface area (Å²) in [5.74, 6) is 3.26. The molecule has 0 aliphatic carbocycles. The van der Waals surface area contributed by atoms with Crippen LogP contribution in [0.25, 0.3) is 0 Å². The van der Waals surface area contributed by atoms with Crippen LogP contribution in [0, 0.1) is 11.8 Å². The Morgan fingerprint density at radius 2 is 2.21 bits per heavy atom. The Labute approximate surface area is 88.9 Å². The average molecular weight is 215 g/mol. The third kappa shape index (κ3) is 2.64. The van der Waals surface area contributed by atoms with Gasteiger partial charge in [0.2, 0.25) is 0 Å². The van der Waals surface area contributed by atoms with E-state index in [4.69, 9.17) is 5.11 Å². The van der Waals surface area contributed by atoms with Crippen molar-refractivity contribution in [2.75, 3.05) is 31.1 Å². The van der Waals surface area contributed by atoms with Gasteiger partial charge < -0.3 is 10.0 Å². The number of aliphatic carboxylic acids is 1. The van der Waals surface area contributed by atoms with E-state index in [-0.39, 0.29) is 0 Å². The molecule has 0 aromatic carbocycles. The molecule has 2 aliphatic heterocycles. The Morgan fingerprint density at radius 1 is 1.43 bits per heavy atom. The number of rotatable bonds is 4. The van der Waals surface area contributed by atoms with Crippen molar-refractivity contribution in [3.8, 4) is 0 Å². The summed E-state index contributed by atoms with van der Waals surface area (Å²) < 4.78 is 0. The summed E-state index contributed by atoms with van der Waals surface area (Å²) in [6.45, 7) is 3.21. The summed E-state index contributed by atoms with van der Waals surface area (Å²) in [6.07, 6.45) is 1.71. The number of hydrogen-bond donors (Lipinski definition) is 1. The first-order valence-electron chi connectivity index (χ1n) is 5.26. The second-order valence-corrected chi connectivity index (χ2v) is 5.56. The van der Waals surface area contributed by atoms with Crippen LogP contribution in [0.5, 0.6) is 0 Å². The van der Waals surface area contributed by atoms with E-state index in [1.807, 2.05) is 11.8 Å². The average Bonchev–Trinajstić information content (AvgIpc) is 2.52. The van der Waals surface area contributed by atoms with E-state index < -0.39 is 5.97 Å². The van der Waals surface area contributed by atoms with Crippen molar-refractivity contribution < 1.29 is 9.90 Å². The molecular weight excluding hydrogens is 198 g/mol. The molecule has 14 heavy (non-hydrogen) atoms. The molecule has 0 amide bonds. The Kier molecular flexibility index (Phi) is 3.34. The van der Waals surface area contributed by atoms with Crippen LogP contribution in [-0.2, 0) is 4.79 Å². The lowest BCUT2D eigenvalue weighted by Crippen LogP contribution is -2.49. The molecule has 0 radical (unpaired) electrons. The maximum Gasteiger partial charge on any atom is 0.303 e. The summed E-state index contributed by atoms with van der Waals surface area (Å²) in [7, 11) is 0. The standard InChI is InChI=1S/C10H17NO2S/c12-10(13)3-9-5-11(6-9)4-8-1-2-14-7-8/h8-9H,1-7H2,(H,12,13). The van der Waals surface area contributed by atoms with Gasteiger partial charge in [-0.15, -0.1) is 0 Å². The lowest BCUT2D eigenvalue weighted by molar-refractivity contribution is -0.139. The van der Waals surface area contributed by atoms with Gasteiger partial charge in [-0.3, -0.25) is 4.79 Å². The predicted molar refractivity (Wildman–Crippen MR) is 57.6 cm³/mol.